The summed E-state index contributed by atoms with van der Waals surface area (Å²) in [6.07, 6.45) is 6.58. The minimum absolute atomic E-state index is 0.0440. The molecule has 1 aromatic rings. The summed E-state index contributed by atoms with van der Waals surface area (Å²) < 4.78 is 6.03. The topological polar surface area (TPSA) is 70.9 Å². The Kier molecular flexibility index (Phi) is 8.09. The summed E-state index contributed by atoms with van der Waals surface area (Å²) >= 11 is 1.62. The predicted octanol–water partition coefficient (Wildman–Crippen LogP) is 6.18. The molecule has 2 N–H and O–H groups in total. The largest absolute Gasteiger partial charge is 0.493 e. The fourth-order valence-electron chi connectivity index (χ4n) is 4.14. The van der Waals surface area contributed by atoms with Crippen molar-refractivity contribution in [3.05, 3.63) is 34.9 Å². The van der Waals surface area contributed by atoms with Gasteiger partial charge < -0.3 is 15.2 Å². The lowest BCUT2D eigenvalue weighted by molar-refractivity contribution is -0.138. The number of nitrogens with one attached hydrogen (secondary N) is 1. The van der Waals surface area contributed by atoms with Gasteiger partial charge in [0.15, 0.2) is 0 Å². The number of thioether (sulfide) groups is 1. The molecule has 2 unspecified atom stereocenters. The van der Waals surface area contributed by atoms with Gasteiger partial charge in [-0.2, -0.15) is 0 Å². The van der Waals surface area contributed by atoms with Gasteiger partial charge in [-0.1, -0.05) is 47.0 Å². The molecule has 1 aromatic carbocycles. The first-order valence-electron chi connectivity index (χ1n) is 11.5. The lowest BCUT2D eigenvalue weighted by Gasteiger charge is -2.38. The summed E-state index contributed by atoms with van der Waals surface area (Å²) in [5, 5.41) is 12.6. The number of nitrogens with zero attached hydrogens (tertiary/aromatic N) is 1. The molecule has 0 saturated heterocycles. The van der Waals surface area contributed by atoms with Crippen molar-refractivity contribution >= 4 is 29.1 Å². The molecule has 31 heavy (non-hydrogen) atoms. The zero-order chi connectivity index (χ0) is 22.4. The summed E-state index contributed by atoms with van der Waals surface area (Å²) in [6.45, 7) is 9.65. The third-order valence-corrected chi connectivity index (χ3v) is 7.28. The van der Waals surface area contributed by atoms with E-state index in [0.29, 0.717) is 11.7 Å². The molecule has 0 amide bonds. The van der Waals surface area contributed by atoms with Gasteiger partial charge in [0.2, 0.25) is 0 Å². The van der Waals surface area contributed by atoms with Crippen molar-refractivity contribution in [3.8, 4) is 5.75 Å². The normalized spacial score (nSPS) is 22.6. The van der Waals surface area contributed by atoms with Crippen LogP contribution in [-0.2, 0) is 4.79 Å². The van der Waals surface area contributed by atoms with Crippen molar-refractivity contribution in [2.45, 2.75) is 72.3 Å². The summed E-state index contributed by atoms with van der Waals surface area (Å²) in [4.78, 5) is 17.5. The number of carboxylic acid groups (broad SMARTS) is 1. The number of hydrogen-bond acceptors (Lipinski definition) is 5. The third-order valence-electron chi connectivity index (χ3n) is 6.01. The van der Waals surface area contributed by atoms with Gasteiger partial charge in [0, 0.05) is 16.4 Å². The van der Waals surface area contributed by atoms with E-state index >= 15 is 0 Å². The Hall–Kier alpha value is -1.95. The first-order valence-corrected chi connectivity index (χ1v) is 12.5. The molecule has 0 fully saturated rings. The lowest BCUT2D eigenvalue weighted by Crippen LogP contribution is -2.44. The highest BCUT2D eigenvalue weighted by Crippen LogP contribution is 2.43. The molecule has 2 atom stereocenters. The number of aliphatic imine (C=N–C) groups is 1. The maximum absolute atomic E-state index is 11.4. The van der Waals surface area contributed by atoms with Crippen LogP contribution < -0.4 is 10.1 Å². The van der Waals surface area contributed by atoms with Crippen LogP contribution >= 0.6 is 11.8 Å². The third kappa shape index (κ3) is 6.52. The fraction of sp³-hybridized carbons (Fsp3) is 0.600. The maximum Gasteiger partial charge on any atom is 0.326 e. The summed E-state index contributed by atoms with van der Waals surface area (Å²) in [6, 6.07) is 7.50. The van der Waals surface area contributed by atoms with E-state index < -0.39 is 12.0 Å². The van der Waals surface area contributed by atoms with Crippen LogP contribution in [0.5, 0.6) is 5.75 Å². The molecule has 1 aliphatic carbocycles. The first kappa shape index (κ1) is 23.7. The number of benzene rings is 1. The second kappa shape index (κ2) is 10.6. The molecular weight excluding hydrogens is 408 g/mol. The van der Waals surface area contributed by atoms with Crippen LogP contribution in [0.25, 0.3) is 0 Å². The predicted molar refractivity (Wildman–Crippen MR) is 129 cm³/mol. The van der Waals surface area contributed by atoms with Crippen molar-refractivity contribution in [2.24, 2.45) is 16.3 Å². The SMILES string of the molecule is CCCCC(CC)COc1ccc(/N=C2\CC(C)(C)CC3=C2SCC(C(=O)O)N3)cc1. The van der Waals surface area contributed by atoms with Gasteiger partial charge in [0.25, 0.3) is 0 Å². The molecule has 5 nitrogen and oxygen atoms in total. The van der Waals surface area contributed by atoms with Crippen LogP contribution in [0.15, 0.2) is 39.9 Å². The Morgan fingerprint density at radius 2 is 2.03 bits per heavy atom. The van der Waals surface area contributed by atoms with Crippen LogP contribution in [0.1, 0.15) is 66.2 Å². The molecule has 2 aliphatic rings. The molecule has 0 spiro atoms. The zero-order valence-electron chi connectivity index (χ0n) is 19.2. The quantitative estimate of drug-likeness (QED) is 0.476. The van der Waals surface area contributed by atoms with Gasteiger partial charge in [0.1, 0.15) is 11.8 Å². The van der Waals surface area contributed by atoms with E-state index in [1.807, 2.05) is 24.3 Å². The molecule has 3 rings (SSSR count). The second-order valence-electron chi connectivity index (χ2n) is 9.45. The number of rotatable bonds is 9. The molecule has 6 heteroatoms. The molecule has 0 bridgehead atoms. The summed E-state index contributed by atoms with van der Waals surface area (Å²) in [7, 11) is 0. The highest BCUT2D eigenvalue weighted by Gasteiger charge is 2.36. The van der Waals surface area contributed by atoms with E-state index in [1.54, 1.807) is 11.8 Å². The number of ether oxygens (including phenoxy) is 1. The van der Waals surface area contributed by atoms with Gasteiger partial charge >= 0.3 is 5.97 Å². The van der Waals surface area contributed by atoms with Gasteiger partial charge in [-0.15, -0.1) is 11.8 Å². The number of carbonyl (C=O) groups is 1. The number of unbranched alkanes of at least 4 members (excludes halogenated alkanes) is 1. The van der Waals surface area contributed by atoms with Gasteiger partial charge in [0.05, 0.1) is 18.0 Å². The van der Waals surface area contributed by atoms with E-state index in [9.17, 15) is 9.90 Å². The van der Waals surface area contributed by atoms with Crippen molar-refractivity contribution in [3.63, 3.8) is 0 Å². The van der Waals surface area contributed by atoms with Gasteiger partial charge in [-0.05, 0) is 54.9 Å². The average Bonchev–Trinajstić information content (AvgIpc) is 2.73. The van der Waals surface area contributed by atoms with Crippen molar-refractivity contribution in [1.82, 2.24) is 5.32 Å². The van der Waals surface area contributed by atoms with Crippen molar-refractivity contribution in [2.75, 3.05) is 12.4 Å². The molecule has 1 aliphatic heterocycles. The van der Waals surface area contributed by atoms with Crippen LogP contribution in [0, 0.1) is 11.3 Å². The highest BCUT2D eigenvalue weighted by atomic mass is 32.2. The molecule has 0 aromatic heterocycles. The van der Waals surface area contributed by atoms with Gasteiger partial charge in [-0.25, -0.2) is 4.79 Å². The highest BCUT2D eigenvalue weighted by molar-refractivity contribution is 8.04. The number of aliphatic carboxylic acids is 1. The molecule has 0 radical (unpaired) electrons. The average molecular weight is 445 g/mol. The smallest absolute Gasteiger partial charge is 0.326 e. The van der Waals surface area contributed by atoms with Crippen LogP contribution in [-0.4, -0.2) is 35.2 Å². The lowest BCUT2D eigenvalue weighted by atomic mass is 9.78. The molecule has 1 heterocycles. The minimum Gasteiger partial charge on any atom is -0.493 e. The van der Waals surface area contributed by atoms with E-state index in [2.05, 4.69) is 33.0 Å². The van der Waals surface area contributed by atoms with E-state index in [-0.39, 0.29) is 5.41 Å². The van der Waals surface area contributed by atoms with Crippen molar-refractivity contribution < 1.29 is 14.6 Å². The Morgan fingerprint density at radius 1 is 1.29 bits per heavy atom. The van der Waals surface area contributed by atoms with Crippen LogP contribution in [0.2, 0.25) is 0 Å². The Balaban J connectivity index is 1.71. The molecule has 0 saturated carbocycles. The monoisotopic (exact) mass is 444 g/mol. The zero-order valence-corrected chi connectivity index (χ0v) is 20.1. The standard InChI is InChI=1S/C25H36N2O3S/c1-5-7-8-17(6-2)15-30-19-11-9-18(10-12-19)26-20-13-25(3,4)14-21-23(20)31-16-22(27-21)24(28)29/h9-12,17,22,27H,5-8,13-16H2,1-4H3,(H,28,29)/b26-20+. The van der Waals surface area contributed by atoms with Crippen molar-refractivity contribution in [1.29, 1.82) is 0 Å². The number of hydrogen-bond donors (Lipinski definition) is 2. The second-order valence-corrected chi connectivity index (χ2v) is 10.5. The fourth-order valence-corrected chi connectivity index (χ4v) is 5.29. The minimum atomic E-state index is -0.795. The molecule has 170 valence electrons. The Bertz CT molecular complexity index is 830. The van der Waals surface area contributed by atoms with E-state index in [1.165, 1.54) is 19.3 Å². The van der Waals surface area contributed by atoms with Gasteiger partial charge in [-0.3, -0.25) is 4.99 Å². The molecular formula is C25H36N2O3S. The number of carboxylic acids is 1. The summed E-state index contributed by atoms with van der Waals surface area (Å²) in [5.74, 6) is 1.23. The summed E-state index contributed by atoms with van der Waals surface area (Å²) in [5.41, 5.74) is 3.02. The Morgan fingerprint density at radius 3 is 2.68 bits per heavy atom. The Labute approximate surface area is 190 Å². The van der Waals surface area contributed by atoms with Crippen LogP contribution in [0.4, 0.5) is 5.69 Å². The van der Waals surface area contributed by atoms with E-state index in [4.69, 9.17) is 9.73 Å². The van der Waals surface area contributed by atoms with E-state index in [0.717, 1.165) is 53.6 Å². The van der Waals surface area contributed by atoms with Crippen LogP contribution in [0.3, 0.4) is 0 Å². The maximum atomic E-state index is 11.4. The number of allylic oxidation sites excluding steroid dienone is 2. The first-order chi connectivity index (χ1) is 14.8.